The van der Waals surface area contributed by atoms with E-state index in [1.165, 1.54) is 18.4 Å². The Kier molecular flexibility index (Phi) is 5.11. The Morgan fingerprint density at radius 1 is 1.03 bits per heavy atom. The van der Waals surface area contributed by atoms with E-state index in [2.05, 4.69) is 16.8 Å². The quantitative estimate of drug-likeness (QED) is 0.587. The lowest BCUT2D eigenvalue weighted by atomic mass is 10.3. The van der Waals surface area contributed by atoms with Crippen molar-refractivity contribution in [1.29, 1.82) is 0 Å². The van der Waals surface area contributed by atoms with E-state index < -0.39 is 9.84 Å². The second-order valence-corrected chi connectivity index (χ2v) is 9.20. The van der Waals surface area contributed by atoms with E-state index in [9.17, 15) is 8.42 Å². The van der Waals surface area contributed by atoms with Crippen molar-refractivity contribution < 1.29 is 26.7 Å². The second kappa shape index (κ2) is 7.93. The number of furan rings is 1. The number of oxazole rings is 1. The summed E-state index contributed by atoms with van der Waals surface area (Å²) < 4.78 is 49.6. The lowest BCUT2D eigenvalue weighted by Gasteiger charge is -2.33. The maximum absolute atomic E-state index is 13.6. The van der Waals surface area contributed by atoms with Crippen LogP contribution in [0.15, 0.2) is 55.4 Å². The average Bonchev–Trinajstić information content (AvgIpc) is 3.49. The van der Waals surface area contributed by atoms with E-state index in [4.69, 9.17) is 18.3 Å². The molecule has 2 aromatic heterocycles. The van der Waals surface area contributed by atoms with Gasteiger partial charge in [-0.05, 0) is 30.8 Å². The van der Waals surface area contributed by atoms with Gasteiger partial charge in [-0.25, -0.2) is 8.42 Å². The van der Waals surface area contributed by atoms with Crippen molar-refractivity contribution in [2.24, 2.45) is 0 Å². The van der Waals surface area contributed by atoms with Gasteiger partial charge < -0.3 is 28.1 Å². The fourth-order valence-electron chi connectivity index (χ4n) is 3.75. The van der Waals surface area contributed by atoms with E-state index in [1.54, 1.807) is 18.2 Å². The van der Waals surface area contributed by atoms with Crippen molar-refractivity contribution in [2.75, 3.05) is 50.8 Å². The number of rotatable bonds is 5. The Hall–Kier alpha value is -2.98. The molecule has 1 saturated heterocycles. The lowest BCUT2D eigenvalue weighted by Crippen LogP contribution is -2.46. The number of nitrogens with zero attached hydrogens (tertiary/aromatic N) is 3. The van der Waals surface area contributed by atoms with Crippen LogP contribution in [-0.2, 0) is 9.84 Å². The zero-order valence-corrected chi connectivity index (χ0v) is 17.9. The molecule has 1 fully saturated rings. The smallest absolute Gasteiger partial charge is 0.266 e. The highest BCUT2D eigenvalue weighted by atomic mass is 32.2. The van der Waals surface area contributed by atoms with Crippen molar-refractivity contribution >= 4 is 15.7 Å². The molecular formula is C21H23N3O6S. The number of aromatic nitrogens is 1. The van der Waals surface area contributed by atoms with Crippen LogP contribution in [0.3, 0.4) is 0 Å². The number of hydrogen-bond donors (Lipinski definition) is 0. The number of hydrogen-bond acceptors (Lipinski definition) is 9. The number of benzene rings is 1. The van der Waals surface area contributed by atoms with Crippen LogP contribution in [-0.4, -0.2) is 64.2 Å². The average molecular weight is 445 g/mol. The van der Waals surface area contributed by atoms with Gasteiger partial charge in [0.15, 0.2) is 17.3 Å². The van der Waals surface area contributed by atoms with Crippen LogP contribution in [0.2, 0.25) is 0 Å². The summed E-state index contributed by atoms with van der Waals surface area (Å²) in [6, 6.07) is 7.97. The molecule has 4 heterocycles. The van der Waals surface area contributed by atoms with Crippen LogP contribution in [0.1, 0.15) is 6.92 Å². The highest BCUT2D eigenvalue weighted by Gasteiger charge is 2.34. The third-order valence-electron chi connectivity index (χ3n) is 5.50. The van der Waals surface area contributed by atoms with Gasteiger partial charge in [0.05, 0.1) is 11.2 Å². The van der Waals surface area contributed by atoms with Crippen molar-refractivity contribution in [3.05, 3.63) is 36.6 Å². The first-order chi connectivity index (χ1) is 15.1. The molecule has 164 valence electrons. The highest BCUT2D eigenvalue weighted by Crippen LogP contribution is 2.38. The zero-order chi connectivity index (χ0) is 21.4. The molecule has 0 spiro atoms. The first-order valence-corrected chi connectivity index (χ1v) is 11.7. The van der Waals surface area contributed by atoms with E-state index in [1.807, 2.05) is 4.90 Å². The molecule has 0 bridgehead atoms. The summed E-state index contributed by atoms with van der Waals surface area (Å²) in [4.78, 5) is 8.65. The van der Waals surface area contributed by atoms with Gasteiger partial charge in [-0.15, -0.1) is 0 Å². The molecule has 5 rings (SSSR count). The monoisotopic (exact) mass is 445 g/mol. The summed E-state index contributed by atoms with van der Waals surface area (Å²) in [5.74, 6) is 1.67. The molecular weight excluding hydrogens is 422 g/mol. The standard InChI is InChI=1S/C21H23N3O6S/c1-2-23-7-9-24(10-8-23)21-20(22-19(30-21)17-4-3-11-27-17)31(25,26)15-5-6-16-18(14-15)29-13-12-28-16/h3-6,11,14H,2,7-10,12-13H2,1H3. The molecule has 10 heteroatoms. The first-order valence-electron chi connectivity index (χ1n) is 10.2. The Labute approximate surface area is 180 Å². The SMILES string of the molecule is CCN1CCN(c2oc(-c3ccco3)nc2S(=O)(=O)c2ccc3c(c2)OCCO3)CC1. The summed E-state index contributed by atoms with van der Waals surface area (Å²) in [5, 5.41) is -0.125. The van der Waals surface area contributed by atoms with Crippen LogP contribution in [0, 0.1) is 0 Å². The van der Waals surface area contributed by atoms with Gasteiger partial charge in [-0.3, -0.25) is 0 Å². The minimum atomic E-state index is -3.98. The van der Waals surface area contributed by atoms with Gasteiger partial charge in [-0.2, -0.15) is 4.98 Å². The second-order valence-electron chi connectivity index (χ2n) is 7.34. The van der Waals surface area contributed by atoms with Crippen molar-refractivity contribution in [1.82, 2.24) is 9.88 Å². The van der Waals surface area contributed by atoms with E-state index >= 15 is 0 Å². The van der Waals surface area contributed by atoms with Gasteiger partial charge in [0, 0.05) is 32.2 Å². The van der Waals surface area contributed by atoms with Crippen molar-refractivity contribution in [2.45, 2.75) is 16.8 Å². The number of likely N-dealkylation sites (N-methyl/N-ethyl adjacent to an activating group) is 1. The third kappa shape index (κ3) is 3.66. The first kappa shape index (κ1) is 20.0. The number of fused-ring (bicyclic) bond motifs is 1. The largest absolute Gasteiger partial charge is 0.486 e. The third-order valence-corrected chi connectivity index (χ3v) is 7.15. The molecule has 2 aliphatic rings. The number of anilines is 1. The predicted octanol–water partition coefficient (Wildman–Crippen LogP) is 2.68. The minimum Gasteiger partial charge on any atom is -0.486 e. The molecule has 9 nitrogen and oxygen atoms in total. The van der Waals surface area contributed by atoms with Gasteiger partial charge >= 0.3 is 0 Å². The Morgan fingerprint density at radius 3 is 2.52 bits per heavy atom. The van der Waals surface area contributed by atoms with E-state index in [0.717, 1.165) is 19.6 Å². The zero-order valence-electron chi connectivity index (χ0n) is 17.1. The van der Waals surface area contributed by atoms with Gasteiger partial charge in [0.1, 0.15) is 13.2 Å². The van der Waals surface area contributed by atoms with Crippen molar-refractivity contribution in [3.8, 4) is 23.1 Å². The molecule has 3 aromatic rings. The molecule has 2 aliphatic heterocycles. The van der Waals surface area contributed by atoms with Crippen LogP contribution in [0.25, 0.3) is 11.7 Å². The lowest BCUT2D eigenvalue weighted by molar-refractivity contribution is 0.171. The van der Waals surface area contributed by atoms with Crippen LogP contribution >= 0.6 is 0 Å². The molecule has 31 heavy (non-hydrogen) atoms. The topological polar surface area (TPSA) is 98.3 Å². The molecule has 0 radical (unpaired) electrons. The summed E-state index contributed by atoms with van der Waals surface area (Å²) in [7, 11) is -3.98. The molecule has 0 atom stereocenters. The maximum atomic E-state index is 13.6. The summed E-state index contributed by atoms with van der Waals surface area (Å²) in [6.07, 6.45) is 1.49. The molecule has 0 aliphatic carbocycles. The molecule has 1 aromatic carbocycles. The number of sulfone groups is 1. The molecule has 0 N–H and O–H groups in total. The normalized spacial score (nSPS) is 17.1. The van der Waals surface area contributed by atoms with Gasteiger partial charge in [0.2, 0.25) is 20.7 Å². The summed E-state index contributed by atoms with van der Waals surface area (Å²) >= 11 is 0. The maximum Gasteiger partial charge on any atom is 0.266 e. The van der Waals surface area contributed by atoms with Gasteiger partial charge in [0.25, 0.3) is 5.89 Å². The highest BCUT2D eigenvalue weighted by molar-refractivity contribution is 7.91. The van der Waals surface area contributed by atoms with Crippen LogP contribution in [0.5, 0.6) is 11.5 Å². The number of ether oxygens (including phenoxy) is 2. The van der Waals surface area contributed by atoms with Crippen LogP contribution < -0.4 is 14.4 Å². The Bertz CT molecular complexity index is 1160. The van der Waals surface area contributed by atoms with E-state index in [-0.39, 0.29) is 21.7 Å². The van der Waals surface area contributed by atoms with E-state index in [0.29, 0.717) is 43.6 Å². The Morgan fingerprint density at radius 2 is 1.81 bits per heavy atom. The summed E-state index contributed by atoms with van der Waals surface area (Å²) in [6.45, 7) is 6.78. The van der Waals surface area contributed by atoms with Crippen molar-refractivity contribution in [3.63, 3.8) is 0 Å². The fraction of sp³-hybridized carbons (Fsp3) is 0.381. The fourth-order valence-corrected chi connectivity index (χ4v) is 5.08. The molecule has 0 saturated carbocycles. The Balaban J connectivity index is 1.57. The van der Waals surface area contributed by atoms with Gasteiger partial charge in [-0.1, -0.05) is 6.92 Å². The summed E-state index contributed by atoms with van der Waals surface area (Å²) in [5.41, 5.74) is 0. The molecule has 0 amide bonds. The predicted molar refractivity (Wildman–Crippen MR) is 111 cm³/mol. The minimum absolute atomic E-state index is 0.0736. The number of piperazine rings is 1. The molecule has 0 unspecified atom stereocenters. The van der Waals surface area contributed by atoms with Crippen LogP contribution in [0.4, 0.5) is 5.88 Å².